The van der Waals surface area contributed by atoms with Crippen LogP contribution in [0.3, 0.4) is 0 Å². The molecule has 2 aromatic carbocycles. The summed E-state index contributed by atoms with van der Waals surface area (Å²) in [6, 6.07) is 6.27. The first-order valence-corrected chi connectivity index (χ1v) is 10.7. The monoisotopic (exact) mass is 486 g/mol. The second-order valence-corrected chi connectivity index (χ2v) is 7.41. The summed E-state index contributed by atoms with van der Waals surface area (Å²) < 4.78 is 0. The number of hydrogen-bond donors (Lipinski definition) is 5. The highest BCUT2D eigenvalue weighted by atomic mass is 35.5. The third-order valence-electron chi connectivity index (χ3n) is 4.81. The van der Waals surface area contributed by atoms with Gasteiger partial charge in [0.15, 0.2) is 29.3 Å². The number of aromatic nitrogens is 2. The van der Waals surface area contributed by atoms with Crippen molar-refractivity contribution in [2.24, 2.45) is 0 Å². The Labute approximate surface area is 202 Å². The molecule has 0 fully saturated rings. The number of aromatic hydroxyl groups is 4. The number of allylic oxidation sites excluding steroid dienone is 2. The number of carbonyl (C=O) groups excluding carboxylic acids is 1. The number of anilines is 1. The highest BCUT2D eigenvalue weighted by Gasteiger charge is 2.21. The lowest BCUT2D eigenvalue weighted by atomic mass is 10.1. The van der Waals surface area contributed by atoms with Crippen LogP contribution in [0, 0.1) is 0 Å². The van der Waals surface area contributed by atoms with Gasteiger partial charge in [0.1, 0.15) is 10.6 Å². The minimum atomic E-state index is -0.865. The summed E-state index contributed by atoms with van der Waals surface area (Å²) in [6.45, 7) is 4.18. The Hall–Kier alpha value is -3.98. The molecule has 0 saturated carbocycles. The van der Waals surface area contributed by atoms with Gasteiger partial charge in [-0.25, -0.2) is 9.97 Å². The number of rotatable bonds is 6. The number of benzene rings is 2. The zero-order valence-corrected chi connectivity index (χ0v) is 20.0. The maximum absolute atomic E-state index is 10.3. The quantitative estimate of drug-likeness (QED) is 0.187. The Bertz CT molecular complexity index is 1210. The molecule has 5 N–H and O–H groups in total. The molecule has 0 radical (unpaired) electrons. The lowest BCUT2D eigenvalue weighted by Crippen LogP contribution is -2.09. The molecular weight excluding hydrogens is 460 g/mol. The van der Waals surface area contributed by atoms with Crippen molar-refractivity contribution in [2.75, 3.05) is 19.4 Å². The van der Waals surface area contributed by atoms with E-state index in [4.69, 9.17) is 32.0 Å². The number of nitrogens with one attached hydrogen (secondary N) is 1. The Morgan fingerprint density at radius 3 is 2.32 bits per heavy atom. The molecule has 10 heteroatoms. The standard InChI is InChI=1S/C17H22N4.C7H5ClO5/c1-5-7-10-21(4)16(6-2)13-8-9-14-12-19-17(18-3)20-15(14)11-13;8-3-6(12)4(10)2(1-9)5(11)7(3)13/h6-12H,5H2,1-4H3,(H,18,19,20);1,10-13H/b10-7+,16-6-;. The van der Waals surface area contributed by atoms with Gasteiger partial charge in [-0.3, -0.25) is 4.79 Å². The number of aldehydes is 1. The minimum Gasteiger partial charge on any atom is -0.504 e. The lowest BCUT2D eigenvalue weighted by molar-refractivity contribution is 0.111. The van der Waals surface area contributed by atoms with Crippen molar-refractivity contribution in [3.63, 3.8) is 0 Å². The van der Waals surface area contributed by atoms with Crippen molar-refractivity contribution in [3.05, 3.63) is 58.9 Å². The van der Waals surface area contributed by atoms with Crippen LogP contribution < -0.4 is 5.32 Å². The molecule has 180 valence electrons. The van der Waals surface area contributed by atoms with Crippen LogP contribution in [0.2, 0.25) is 5.02 Å². The second-order valence-electron chi connectivity index (χ2n) is 7.03. The van der Waals surface area contributed by atoms with E-state index in [9.17, 15) is 4.79 Å². The van der Waals surface area contributed by atoms with Crippen molar-refractivity contribution in [3.8, 4) is 23.0 Å². The predicted octanol–water partition coefficient (Wildman–Crippen LogP) is 4.86. The molecule has 0 amide bonds. The third kappa shape index (κ3) is 5.68. The number of halogens is 1. The zero-order chi connectivity index (χ0) is 25.4. The number of phenols is 4. The molecule has 0 aliphatic heterocycles. The van der Waals surface area contributed by atoms with Crippen molar-refractivity contribution < 1.29 is 25.2 Å². The van der Waals surface area contributed by atoms with Gasteiger partial charge < -0.3 is 30.6 Å². The Kier molecular flexibility index (Phi) is 9.09. The first-order chi connectivity index (χ1) is 16.2. The van der Waals surface area contributed by atoms with Gasteiger partial charge in [0.05, 0.1) is 5.52 Å². The van der Waals surface area contributed by atoms with Crippen LogP contribution in [0.25, 0.3) is 16.6 Å². The zero-order valence-electron chi connectivity index (χ0n) is 19.2. The van der Waals surface area contributed by atoms with Crippen molar-refractivity contribution >= 4 is 40.4 Å². The van der Waals surface area contributed by atoms with Crippen LogP contribution in [0.15, 0.2) is 42.7 Å². The van der Waals surface area contributed by atoms with Crippen LogP contribution in [0.5, 0.6) is 23.0 Å². The second kappa shape index (κ2) is 11.8. The summed E-state index contributed by atoms with van der Waals surface area (Å²) in [7, 11) is 3.89. The van der Waals surface area contributed by atoms with E-state index < -0.39 is 33.6 Å². The predicted molar refractivity (Wildman–Crippen MR) is 133 cm³/mol. The van der Waals surface area contributed by atoms with E-state index in [-0.39, 0.29) is 6.29 Å². The largest absolute Gasteiger partial charge is 0.504 e. The molecule has 3 rings (SSSR count). The molecule has 1 heterocycles. The molecule has 0 aliphatic carbocycles. The van der Waals surface area contributed by atoms with Gasteiger partial charge in [-0.15, -0.1) is 0 Å². The first kappa shape index (κ1) is 26.3. The van der Waals surface area contributed by atoms with E-state index in [0.29, 0.717) is 5.95 Å². The maximum atomic E-state index is 10.3. The van der Waals surface area contributed by atoms with Crippen molar-refractivity contribution in [2.45, 2.75) is 20.3 Å². The summed E-state index contributed by atoms with van der Waals surface area (Å²) in [5.74, 6) is -2.79. The first-order valence-electron chi connectivity index (χ1n) is 10.3. The fourth-order valence-corrected chi connectivity index (χ4v) is 3.20. The molecule has 3 aromatic rings. The summed E-state index contributed by atoms with van der Waals surface area (Å²) in [4.78, 5) is 21.2. The molecule has 0 unspecified atom stereocenters. The van der Waals surface area contributed by atoms with Gasteiger partial charge in [-0.1, -0.05) is 42.8 Å². The SMILES string of the molecule is C/C=C(/c1ccc2cnc(NC)nc2c1)N(C)/C=C/CC.O=Cc1c(O)c(O)c(Cl)c(O)c1O. The van der Waals surface area contributed by atoms with E-state index in [1.54, 1.807) is 0 Å². The van der Waals surface area contributed by atoms with Gasteiger partial charge in [0, 0.05) is 31.4 Å². The molecule has 34 heavy (non-hydrogen) atoms. The molecule has 0 saturated heterocycles. The van der Waals surface area contributed by atoms with Crippen molar-refractivity contribution in [1.82, 2.24) is 14.9 Å². The van der Waals surface area contributed by atoms with E-state index in [1.807, 2.05) is 13.2 Å². The minimum absolute atomic E-state index is 0.0838. The summed E-state index contributed by atoms with van der Waals surface area (Å²) in [5, 5.41) is 39.5. The maximum Gasteiger partial charge on any atom is 0.222 e. The van der Waals surface area contributed by atoms with E-state index in [0.717, 1.165) is 28.6 Å². The van der Waals surface area contributed by atoms with Crippen LogP contribution in [0.4, 0.5) is 5.95 Å². The number of phenolic OH excluding ortho intramolecular Hbond substituents is 4. The molecule has 0 aliphatic rings. The molecule has 9 nitrogen and oxygen atoms in total. The van der Waals surface area contributed by atoms with Gasteiger partial charge in [0.25, 0.3) is 0 Å². The van der Waals surface area contributed by atoms with E-state index in [2.05, 4.69) is 77.6 Å². The van der Waals surface area contributed by atoms with Crippen LogP contribution >= 0.6 is 11.6 Å². The normalized spacial score (nSPS) is 11.3. The van der Waals surface area contributed by atoms with Gasteiger partial charge in [-0.2, -0.15) is 0 Å². The van der Waals surface area contributed by atoms with Gasteiger partial charge in [-0.05, 0) is 31.2 Å². The Morgan fingerprint density at radius 2 is 1.79 bits per heavy atom. The molecule has 1 aromatic heterocycles. The Morgan fingerprint density at radius 1 is 1.15 bits per heavy atom. The van der Waals surface area contributed by atoms with Gasteiger partial charge in [0.2, 0.25) is 5.95 Å². The molecule has 0 spiro atoms. The van der Waals surface area contributed by atoms with E-state index in [1.165, 1.54) is 0 Å². The number of carbonyl (C=O) groups is 1. The van der Waals surface area contributed by atoms with Crippen LogP contribution in [0.1, 0.15) is 36.2 Å². The fraction of sp³-hybridized carbons (Fsp3) is 0.208. The molecular formula is C24H27ClN4O5. The van der Waals surface area contributed by atoms with E-state index >= 15 is 0 Å². The number of nitrogens with zero attached hydrogens (tertiary/aromatic N) is 3. The topological polar surface area (TPSA) is 139 Å². The summed E-state index contributed by atoms with van der Waals surface area (Å²) >= 11 is 5.28. The summed E-state index contributed by atoms with van der Waals surface area (Å²) in [6.07, 6.45) is 9.30. The average molecular weight is 487 g/mol. The third-order valence-corrected chi connectivity index (χ3v) is 5.17. The highest BCUT2D eigenvalue weighted by Crippen LogP contribution is 2.48. The van der Waals surface area contributed by atoms with Crippen LogP contribution in [-0.4, -0.2) is 55.7 Å². The highest BCUT2D eigenvalue weighted by molar-refractivity contribution is 6.34. The van der Waals surface area contributed by atoms with Crippen molar-refractivity contribution in [1.29, 1.82) is 0 Å². The lowest BCUT2D eigenvalue weighted by Gasteiger charge is -2.19. The van der Waals surface area contributed by atoms with Gasteiger partial charge >= 0.3 is 0 Å². The smallest absolute Gasteiger partial charge is 0.222 e. The molecule has 0 bridgehead atoms. The van der Waals surface area contributed by atoms with Crippen LogP contribution in [-0.2, 0) is 0 Å². The summed E-state index contributed by atoms with van der Waals surface area (Å²) in [5.41, 5.74) is 2.64. The molecule has 0 atom stereocenters. The average Bonchev–Trinajstić information content (AvgIpc) is 2.85. The number of hydrogen-bond acceptors (Lipinski definition) is 9. The Balaban J connectivity index is 0.000000270. The fourth-order valence-electron chi connectivity index (χ4n) is 3.02. The number of fused-ring (bicyclic) bond motifs is 1.